The molecule has 0 N–H and O–H groups in total. The summed E-state index contributed by atoms with van der Waals surface area (Å²) >= 11 is 0. The molecule has 35 heavy (non-hydrogen) atoms. The summed E-state index contributed by atoms with van der Waals surface area (Å²) in [6.45, 7) is 5.63. The molecule has 0 unspecified atom stereocenters. The SMILES string of the molecule is C=CCN(CC(=O)N1CCN(c2ccc(-c3ccc(F)cc3)nn2)CC1)C(=O)c1ccccc1F. The number of anilines is 1. The van der Waals surface area contributed by atoms with E-state index in [1.54, 1.807) is 23.1 Å². The largest absolute Gasteiger partial charge is 0.352 e. The third-order valence-corrected chi connectivity index (χ3v) is 5.81. The maximum atomic E-state index is 14.1. The van der Waals surface area contributed by atoms with Crippen LogP contribution in [0.25, 0.3) is 11.3 Å². The Bertz CT molecular complexity index is 1190. The standard InChI is InChI=1S/C26H25F2N5O2/c1-2-13-33(26(35)21-5-3-4-6-22(21)28)18-25(34)32-16-14-31(15-17-32)24-12-11-23(29-30-24)19-7-9-20(27)10-8-19/h2-12H,1,13-18H2. The molecular weight excluding hydrogens is 452 g/mol. The average Bonchev–Trinajstić information content (AvgIpc) is 2.89. The molecule has 1 fully saturated rings. The van der Waals surface area contributed by atoms with Crippen molar-refractivity contribution in [2.45, 2.75) is 0 Å². The molecule has 1 aromatic heterocycles. The number of aromatic nitrogens is 2. The summed E-state index contributed by atoms with van der Waals surface area (Å²) < 4.78 is 27.2. The number of piperazine rings is 1. The number of hydrogen-bond donors (Lipinski definition) is 0. The van der Waals surface area contributed by atoms with Crippen molar-refractivity contribution in [2.24, 2.45) is 0 Å². The van der Waals surface area contributed by atoms with Crippen LogP contribution in [0.2, 0.25) is 0 Å². The number of nitrogens with zero attached hydrogens (tertiary/aromatic N) is 5. The van der Waals surface area contributed by atoms with Crippen LogP contribution >= 0.6 is 0 Å². The maximum absolute atomic E-state index is 14.1. The Morgan fingerprint density at radius 3 is 2.29 bits per heavy atom. The lowest BCUT2D eigenvalue weighted by molar-refractivity contribution is -0.132. The molecule has 0 atom stereocenters. The topological polar surface area (TPSA) is 69.6 Å². The van der Waals surface area contributed by atoms with E-state index in [-0.39, 0.29) is 30.4 Å². The molecule has 180 valence electrons. The third-order valence-electron chi connectivity index (χ3n) is 5.81. The fraction of sp³-hybridized carbons (Fsp3) is 0.231. The predicted octanol–water partition coefficient (Wildman–Crippen LogP) is 3.40. The minimum Gasteiger partial charge on any atom is -0.352 e. The summed E-state index contributed by atoms with van der Waals surface area (Å²) in [5.41, 5.74) is 1.34. The minimum atomic E-state index is -0.626. The zero-order valence-electron chi connectivity index (χ0n) is 19.1. The van der Waals surface area contributed by atoms with Gasteiger partial charge in [0, 0.05) is 38.3 Å². The molecule has 2 amide bonds. The fourth-order valence-corrected chi connectivity index (χ4v) is 3.90. The van der Waals surface area contributed by atoms with Gasteiger partial charge in [0.25, 0.3) is 5.91 Å². The lowest BCUT2D eigenvalue weighted by Gasteiger charge is -2.36. The van der Waals surface area contributed by atoms with Crippen LogP contribution in [0.15, 0.2) is 73.3 Å². The highest BCUT2D eigenvalue weighted by atomic mass is 19.1. The van der Waals surface area contributed by atoms with Crippen LogP contribution in [0, 0.1) is 11.6 Å². The Balaban J connectivity index is 1.34. The van der Waals surface area contributed by atoms with E-state index in [4.69, 9.17) is 0 Å². The molecule has 1 aliphatic rings. The number of hydrogen-bond acceptors (Lipinski definition) is 5. The van der Waals surface area contributed by atoms with Gasteiger partial charge in [0.2, 0.25) is 5.91 Å². The molecule has 7 nitrogen and oxygen atoms in total. The van der Waals surface area contributed by atoms with Crippen LogP contribution in [0.1, 0.15) is 10.4 Å². The van der Waals surface area contributed by atoms with E-state index >= 15 is 0 Å². The maximum Gasteiger partial charge on any atom is 0.257 e. The Labute approximate surface area is 202 Å². The predicted molar refractivity (Wildman–Crippen MR) is 129 cm³/mol. The Kier molecular flexibility index (Phi) is 7.45. The summed E-state index contributed by atoms with van der Waals surface area (Å²) in [5.74, 6) is -1.01. The molecule has 1 saturated heterocycles. The van der Waals surface area contributed by atoms with Gasteiger partial charge >= 0.3 is 0 Å². The first-order chi connectivity index (χ1) is 17.0. The number of halogens is 2. The highest BCUT2D eigenvalue weighted by molar-refractivity contribution is 5.96. The van der Waals surface area contributed by atoms with E-state index in [2.05, 4.69) is 16.8 Å². The summed E-state index contributed by atoms with van der Waals surface area (Å²) in [6, 6.07) is 15.4. The molecule has 0 spiro atoms. The zero-order valence-corrected chi connectivity index (χ0v) is 19.1. The summed E-state index contributed by atoms with van der Waals surface area (Å²) in [4.78, 5) is 30.7. The lowest BCUT2D eigenvalue weighted by atomic mass is 10.1. The van der Waals surface area contributed by atoms with Gasteiger partial charge in [-0.05, 0) is 48.5 Å². The summed E-state index contributed by atoms with van der Waals surface area (Å²) in [6.07, 6.45) is 1.51. The first-order valence-electron chi connectivity index (χ1n) is 11.2. The van der Waals surface area contributed by atoms with Crippen molar-refractivity contribution in [1.29, 1.82) is 0 Å². The second kappa shape index (κ2) is 10.9. The highest BCUT2D eigenvalue weighted by Crippen LogP contribution is 2.20. The summed E-state index contributed by atoms with van der Waals surface area (Å²) in [7, 11) is 0. The third kappa shape index (κ3) is 5.68. The van der Waals surface area contributed by atoms with Gasteiger partial charge in [-0.1, -0.05) is 18.2 Å². The van der Waals surface area contributed by atoms with Gasteiger partial charge in [-0.2, -0.15) is 0 Å². The number of benzene rings is 2. The van der Waals surface area contributed by atoms with Crippen LogP contribution in [0.4, 0.5) is 14.6 Å². The molecule has 1 aliphatic heterocycles. The molecule has 2 aromatic carbocycles. The van der Waals surface area contributed by atoms with E-state index in [0.29, 0.717) is 37.7 Å². The van der Waals surface area contributed by atoms with Gasteiger partial charge in [-0.3, -0.25) is 9.59 Å². The Morgan fingerprint density at radius 1 is 0.943 bits per heavy atom. The van der Waals surface area contributed by atoms with Gasteiger partial charge in [0.15, 0.2) is 5.82 Å². The monoisotopic (exact) mass is 477 g/mol. The molecular formula is C26H25F2N5O2. The van der Waals surface area contributed by atoms with Gasteiger partial charge in [-0.15, -0.1) is 16.8 Å². The van der Waals surface area contributed by atoms with E-state index in [1.165, 1.54) is 41.3 Å². The molecule has 0 radical (unpaired) electrons. The first kappa shape index (κ1) is 24.0. The van der Waals surface area contributed by atoms with Crippen molar-refractivity contribution in [3.05, 3.63) is 90.5 Å². The van der Waals surface area contributed by atoms with E-state index in [9.17, 15) is 18.4 Å². The van der Waals surface area contributed by atoms with Gasteiger partial charge in [0.05, 0.1) is 11.3 Å². The smallest absolute Gasteiger partial charge is 0.257 e. The van der Waals surface area contributed by atoms with Gasteiger partial charge < -0.3 is 14.7 Å². The Hall–Kier alpha value is -4.14. The first-order valence-corrected chi connectivity index (χ1v) is 11.2. The molecule has 0 aliphatic carbocycles. The van der Waals surface area contributed by atoms with Crippen LogP contribution < -0.4 is 4.90 Å². The van der Waals surface area contributed by atoms with E-state index < -0.39 is 11.7 Å². The molecule has 4 rings (SSSR count). The number of carbonyl (C=O) groups excluding carboxylic acids is 2. The van der Waals surface area contributed by atoms with E-state index in [1.807, 2.05) is 17.0 Å². The second-order valence-electron chi connectivity index (χ2n) is 8.11. The average molecular weight is 478 g/mol. The van der Waals surface area contributed by atoms with Crippen molar-refractivity contribution in [1.82, 2.24) is 20.0 Å². The number of rotatable bonds is 7. The number of amides is 2. The van der Waals surface area contributed by atoms with Crippen molar-refractivity contribution >= 4 is 17.6 Å². The van der Waals surface area contributed by atoms with Crippen LogP contribution in [0.3, 0.4) is 0 Å². The number of carbonyl (C=O) groups is 2. The minimum absolute atomic E-state index is 0.0744. The second-order valence-corrected chi connectivity index (χ2v) is 8.11. The zero-order chi connectivity index (χ0) is 24.8. The van der Waals surface area contributed by atoms with Crippen molar-refractivity contribution in [3.63, 3.8) is 0 Å². The molecule has 3 aromatic rings. The van der Waals surface area contributed by atoms with Crippen LogP contribution in [0.5, 0.6) is 0 Å². The molecule has 2 heterocycles. The lowest BCUT2D eigenvalue weighted by Crippen LogP contribution is -2.52. The molecule has 0 saturated carbocycles. The van der Waals surface area contributed by atoms with Crippen molar-refractivity contribution in [3.8, 4) is 11.3 Å². The van der Waals surface area contributed by atoms with Gasteiger partial charge in [-0.25, -0.2) is 8.78 Å². The van der Waals surface area contributed by atoms with Crippen molar-refractivity contribution < 1.29 is 18.4 Å². The van der Waals surface area contributed by atoms with E-state index in [0.717, 1.165) is 5.56 Å². The normalized spacial score (nSPS) is 13.4. The van der Waals surface area contributed by atoms with Crippen LogP contribution in [-0.2, 0) is 4.79 Å². The molecule has 0 bridgehead atoms. The fourth-order valence-electron chi connectivity index (χ4n) is 3.90. The highest BCUT2D eigenvalue weighted by Gasteiger charge is 2.26. The summed E-state index contributed by atoms with van der Waals surface area (Å²) in [5, 5.41) is 8.53. The molecule has 9 heteroatoms. The van der Waals surface area contributed by atoms with Gasteiger partial charge in [0.1, 0.15) is 18.2 Å². The quantitative estimate of drug-likeness (QED) is 0.488. The van der Waals surface area contributed by atoms with Crippen LogP contribution in [-0.4, -0.2) is 71.1 Å². The van der Waals surface area contributed by atoms with Crippen molar-refractivity contribution in [2.75, 3.05) is 44.2 Å². The Morgan fingerprint density at radius 2 is 1.66 bits per heavy atom.